The Morgan fingerprint density at radius 3 is 2.52 bits per heavy atom. The average Bonchev–Trinajstić information content (AvgIpc) is 3.19. The Kier molecular flexibility index (Phi) is 6.29. The number of carbonyl (C=O) groups excluding carboxylic acids is 2. The molecule has 0 spiro atoms. The molecule has 0 atom stereocenters. The molecule has 0 aliphatic heterocycles. The molecule has 0 aliphatic carbocycles. The Hall–Kier alpha value is -3.19. The fourth-order valence-electron chi connectivity index (χ4n) is 2.76. The van der Waals surface area contributed by atoms with Crippen molar-refractivity contribution >= 4 is 23.5 Å². The zero-order valence-corrected chi connectivity index (χ0v) is 17.0. The second kappa shape index (κ2) is 8.87. The number of amides is 1. The number of halogens is 1. The average molecular weight is 414 g/mol. The molecule has 8 heteroatoms. The highest BCUT2D eigenvalue weighted by Crippen LogP contribution is 2.26. The van der Waals surface area contributed by atoms with Crippen molar-refractivity contribution in [2.75, 3.05) is 7.11 Å². The zero-order valence-electron chi connectivity index (χ0n) is 16.3. The van der Waals surface area contributed by atoms with Gasteiger partial charge in [0.2, 0.25) is 11.8 Å². The molecule has 0 bridgehead atoms. The van der Waals surface area contributed by atoms with Crippen LogP contribution >= 0.6 is 11.6 Å². The summed E-state index contributed by atoms with van der Waals surface area (Å²) in [6, 6.07) is 13.4. The number of ether oxygens (including phenoxy) is 1. The summed E-state index contributed by atoms with van der Waals surface area (Å²) >= 11 is 6.18. The lowest BCUT2D eigenvalue weighted by molar-refractivity contribution is 0.0600. The summed E-state index contributed by atoms with van der Waals surface area (Å²) in [5.74, 6) is -0.194. The van der Waals surface area contributed by atoms with E-state index >= 15 is 0 Å². The number of rotatable bonds is 6. The van der Waals surface area contributed by atoms with E-state index in [1.54, 1.807) is 35.2 Å². The molecule has 1 amide bonds. The van der Waals surface area contributed by atoms with Crippen LogP contribution in [0, 0.1) is 0 Å². The van der Waals surface area contributed by atoms with Crippen LogP contribution in [-0.4, -0.2) is 40.1 Å². The Balaban J connectivity index is 1.84. The maximum atomic E-state index is 13.0. The van der Waals surface area contributed by atoms with Gasteiger partial charge in [0.15, 0.2) is 0 Å². The van der Waals surface area contributed by atoms with Crippen molar-refractivity contribution in [3.63, 3.8) is 0 Å². The molecule has 0 unspecified atom stereocenters. The van der Waals surface area contributed by atoms with E-state index in [9.17, 15) is 9.59 Å². The van der Waals surface area contributed by atoms with E-state index in [4.69, 9.17) is 20.8 Å². The molecule has 1 heterocycles. The van der Waals surface area contributed by atoms with Gasteiger partial charge in [0.25, 0.3) is 5.91 Å². The molecule has 0 saturated carbocycles. The van der Waals surface area contributed by atoms with E-state index in [0.29, 0.717) is 21.7 Å². The first-order valence-electron chi connectivity index (χ1n) is 8.97. The first-order chi connectivity index (χ1) is 13.9. The molecule has 2 aromatic carbocycles. The molecule has 3 rings (SSSR count). The van der Waals surface area contributed by atoms with Crippen molar-refractivity contribution in [2.45, 2.75) is 26.4 Å². The van der Waals surface area contributed by atoms with Crippen LogP contribution in [0.15, 0.2) is 52.9 Å². The Morgan fingerprint density at radius 1 is 1.10 bits per heavy atom. The highest BCUT2D eigenvalue weighted by molar-refractivity contribution is 6.33. The highest BCUT2D eigenvalue weighted by atomic mass is 35.5. The number of hydrogen-bond donors (Lipinski definition) is 0. The lowest BCUT2D eigenvalue weighted by atomic mass is 10.1. The van der Waals surface area contributed by atoms with Crippen molar-refractivity contribution in [1.29, 1.82) is 0 Å². The molecule has 150 valence electrons. The van der Waals surface area contributed by atoms with Crippen LogP contribution < -0.4 is 0 Å². The van der Waals surface area contributed by atoms with Gasteiger partial charge in [-0.2, -0.15) is 0 Å². The maximum Gasteiger partial charge on any atom is 0.337 e. The minimum atomic E-state index is -0.503. The molecule has 7 nitrogen and oxygen atoms in total. The Labute approximate surface area is 173 Å². The van der Waals surface area contributed by atoms with Gasteiger partial charge in [0, 0.05) is 11.6 Å². The van der Waals surface area contributed by atoms with Crippen LogP contribution in [-0.2, 0) is 11.3 Å². The SMILES string of the molecule is COC(=O)c1cccc(C(=O)N(Cc2nnc(-c3ccccc3Cl)o2)C(C)C)c1. The zero-order chi connectivity index (χ0) is 21.0. The summed E-state index contributed by atoms with van der Waals surface area (Å²) in [6.07, 6.45) is 0. The lowest BCUT2D eigenvalue weighted by Crippen LogP contribution is -2.36. The minimum Gasteiger partial charge on any atom is -0.465 e. The third kappa shape index (κ3) is 4.63. The summed E-state index contributed by atoms with van der Waals surface area (Å²) in [4.78, 5) is 26.4. The predicted molar refractivity (Wildman–Crippen MR) is 108 cm³/mol. The van der Waals surface area contributed by atoms with Gasteiger partial charge in [0.05, 0.1) is 29.8 Å². The van der Waals surface area contributed by atoms with Crippen LogP contribution in [0.4, 0.5) is 0 Å². The summed E-state index contributed by atoms with van der Waals surface area (Å²) in [6.45, 7) is 3.89. The summed E-state index contributed by atoms with van der Waals surface area (Å²) < 4.78 is 10.4. The number of nitrogens with zero attached hydrogens (tertiary/aromatic N) is 3. The third-order valence-electron chi connectivity index (χ3n) is 4.29. The number of benzene rings is 2. The second-order valence-electron chi connectivity index (χ2n) is 6.58. The van der Waals surface area contributed by atoms with E-state index < -0.39 is 5.97 Å². The molecule has 0 N–H and O–H groups in total. The Bertz CT molecular complexity index is 1030. The lowest BCUT2D eigenvalue weighted by Gasteiger charge is -2.25. The molecule has 0 radical (unpaired) electrons. The van der Waals surface area contributed by atoms with Gasteiger partial charge in [-0.15, -0.1) is 10.2 Å². The fourth-order valence-corrected chi connectivity index (χ4v) is 2.98. The van der Waals surface area contributed by atoms with E-state index in [0.717, 1.165) is 0 Å². The van der Waals surface area contributed by atoms with Crippen LogP contribution in [0.5, 0.6) is 0 Å². The van der Waals surface area contributed by atoms with Crippen LogP contribution in [0.3, 0.4) is 0 Å². The molecular weight excluding hydrogens is 394 g/mol. The molecule has 29 heavy (non-hydrogen) atoms. The van der Waals surface area contributed by atoms with Gasteiger partial charge in [-0.05, 0) is 44.2 Å². The minimum absolute atomic E-state index is 0.121. The van der Waals surface area contributed by atoms with Crippen molar-refractivity contribution < 1.29 is 18.7 Å². The topological polar surface area (TPSA) is 85.5 Å². The second-order valence-corrected chi connectivity index (χ2v) is 6.99. The summed E-state index contributed by atoms with van der Waals surface area (Å²) in [5.41, 5.74) is 1.30. The van der Waals surface area contributed by atoms with Gasteiger partial charge < -0.3 is 14.1 Å². The number of hydrogen-bond acceptors (Lipinski definition) is 6. The smallest absolute Gasteiger partial charge is 0.337 e. The van der Waals surface area contributed by atoms with E-state index in [1.165, 1.54) is 13.2 Å². The van der Waals surface area contributed by atoms with E-state index in [1.807, 2.05) is 26.0 Å². The molecular formula is C21H20ClN3O4. The molecule has 1 aromatic heterocycles. The quantitative estimate of drug-likeness (QED) is 0.562. The summed E-state index contributed by atoms with van der Waals surface area (Å²) in [5, 5.41) is 8.59. The van der Waals surface area contributed by atoms with Crippen molar-refractivity contribution in [2.24, 2.45) is 0 Å². The van der Waals surface area contributed by atoms with E-state index in [-0.39, 0.29) is 30.3 Å². The number of aromatic nitrogens is 2. The van der Waals surface area contributed by atoms with Crippen LogP contribution in [0.2, 0.25) is 5.02 Å². The molecule has 3 aromatic rings. The number of carbonyl (C=O) groups is 2. The fraction of sp³-hybridized carbons (Fsp3) is 0.238. The molecule has 0 fully saturated rings. The maximum absolute atomic E-state index is 13.0. The number of methoxy groups -OCH3 is 1. The third-order valence-corrected chi connectivity index (χ3v) is 4.62. The van der Waals surface area contributed by atoms with Gasteiger partial charge in [-0.25, -0.2) is 4.79 Å². The normalized spacial score (nSPS) is 10.8. The van der Waals surface area contributed by atoms with Gasteiger partial charge in [-0.1, -0.05) is 29.8 Å². The first kappa shape index (κ1) is 20.5. The summed E-state index contributed by atoms with van der Waals surface area (Å²) in [7, 11) is 1.30. The van der Waals surface area contributed by atoms with E-state index in [2.05, 4.69) is 10.2 Å². The van der Waals surface area contributed by atoms with Crippen molar-refractivity contribution in [1.82, 2.24) is 15.1 Å². The Morgan fingerprint density at radius 2 is 1.83 bits per heavy atom. The monoisotopic (exact) mass is 413 g/mol. The molecule has 0 saturated heterocycles. The molecule has 0 aliphatic rings. The predicted octanol–water partition coefficient (Wildman–Crippen LogP) is 4.23. The van der Waals surface area contributed by atoms with Gasteiger partial charge >= 0.3 is 5.97 Å². The largest absolute Gasteiger partial charge is 0.465 e. The standard InChI is InChI=1S/C21H20ClN3O4/c1-13(2)25(20(26)14-7-6-8-15(11-14)21(27)28-3)12-18-23-24-19(29-18)16-9-4-5-10-17(16)22/h4-11,13H,12H2,1-3H3. The van der Waals surface area contributed by atoms with Gasteiger partial charge in [0.1, 0.15) is 0 Å². The first-order valence-corrected chi connectivity index (χ1v) is 9.35. The van der Waals surface area contributed by atoms with Gasteiger partial charge in [-0.3, -0.25) is 4.79 Å². The van der Waals surface area contributed by atoms with Crippen molar-refractivity contribution in [3.8, 4) is 11.5 Å². The number of esters is 1. The van der Waals surface area contributed by atoms with Crippen molar-refractivity contribution in [3.05, 3.63) is 70.6 Å². The van der Waals surface area contributed by atoms with Crippen LogP contribution in [0.25, 0.3) is 11.5 Å². The highest BCUT2D eigenvalue weighted by Gasteiger charge is 2.23. The van der Waals surface area contributed by atoms with Crippen LogP contribution in [0.1, 0.15) is 40.5 Å².